The Kier molecular flexibility index (Phi) is 6.55. The highest BCUT2D eigenvalue weighted by Gasteiger charge is 2.21. The highest BCUT2D eigenvalue weighted by molar-refractivity contribution is 9.09. The number of alkyl halides is 1. The predicted octanol–water partition coefficient (Wildman–Crippen LogP) is 3.38. The van der Waals surface area contributed by atoms with Gasteiger partial charge in [-0.1, -0.05) is 36.2 Å². The molecule has 14 heavy (non-hydrogen) atoms. The molecule has 1 nitrogen and oxygen atoms in total. The first-order valence-electron chi connectivity index (χ1n) is 5.66. The molecule has 2 atom stereocenters. The zero-order chi connectivity index (χ0) is 10.4. The molecular weight excluding hydrogens is 258 g/mol. The van der Waals surface area contributed by atoms with E-state index < -0.39 is 0 Å². The van der Waals surface area contributed by atoms with Crippen LogP contribution in [0.15, 0.2) is 0 Å². The van der Waals surface area contributed by atoms with Crippen molar-refractivity contribution in [1.82, 2.24) is 4.90 Å². The predicted molar refractivity (Wildman–Crippen MR) is 70.6 cm³/mol. The highest BCUT2D eigenvalue weighted by Crippen LogP contribution is 2.24. The van der Waals surface area contributed by atoms with Crippen LogP contribution in [0.2, 0.25) is 0 Å². The SMILES string of the molecule is CC1CN(CCCCCBr)CC(C)S1. The Balaban J connectivity index is 2.10. The van der Waals surface area contributed by atoms with Crippen molar-refractivity contribution < 1.29 is 0 Å². The van der Waals surface area contributed by atoms with E-state index in [0.29, 0.717) is 0 Å². The Bertz CT molecular complexity index is 144. The van der Waals surface area contributed by atoms with Crippen LogP contribution in [0, 0.1) is 0 Å². The van der Waals surface area contributed by atoms with Gasteiger partial charge in [0, 0.05) is 28.9 Å². The zero-order valence-corrected chi connectivity index (χ0v) is 11.7. The third-order valence-electron chi connectivity index (χ3n) is 2.60. The molecule has 0 aliphatic carbocycles. The number of hydrogen-bond acceptors (Lipinski definition) is 2. The lowest BCUT2D eigenvalue weighted by Crippen LogP contribution is -2.40. The minimum atomic E-state index is 0.829. The minimum absolute atomic E-state index is 0.829. The van der Waals surface area contributed by atoms with Crippen molar-refractivity contribution in [2.75, 3.05) is 25.0 Å². The van der Waals surface area contributed by atoms with E-state index in [2.05, 4.69) is 46.4 Å². The summed E-state index contributed by atoms with van der Waals surface area (Å²) in [6.07, 6.45) is 4.07. The molecule has 0 amide bonds. The summed E-state index contributed by atoms with van der Waals surface area (Å²) in [6, 6.07) is 0. The molecule has 0 spiro atoms. The summed E-state index contributed by atoms with van der Waals surface area (Å²) in [5, 5.41) is 2.82. The van der Waals surface area contributed by atoms with Gasteiger partial charge in [0.25, 0.3) is 0 Å². The topological polar surface area (TPSA) is 3.24 Å². The van der Waals surface area contributed by atoms with E-state index in [1.165, 1.54) is 38.9 Å². The normalized spacial score (nSPS) is 29.4. The fraction of sp³-hybridized carbons (Fsp3) is 1.00. The lowest BCUT2D eigenvalue weighted by atomic mass is 10.2. The Hall–Kier alpha value is 0.790. The molecule has 0 bridgehead atoms. The van der Waals surface area contributed by atoms with Gasteiger partial charge < -0.3 is 4.90 Å². The number of halogens is 1. The molecule has 3 heteroatoms. The summed E-state index contributed by atoms with van der Waals surface area (Å²) >= 11 is 5.62. The second-order valence-corrected chi connectivity index (χ2v) is 6.94. The lowest BCUT2D eigenvalue weighted by Gasteiger charge is -2.34. The standard InChI is InChI=1S/C11H22BrNS/c1-10-8-13(9-11(2)14-10)7-5-3-4-6-12/h10-11H,3-9H2,1-2H3. The molecule has 1 rings (SSSR count). The van der Waals surface area contributed by atoms with Crippen LogP contribution in [-0.2, 0) is 0 Å². The van der Waals surface area contributed by atoms with Crippen molar-refractivity contribution in [3.8, 4) is 0 Å². The fourth-order valence-electron chi connectivity index (χ4n) is 2.07. The molecule has 0 aromatic heterocycles. The molecule has 1 saturated heterocycles. The first-order chi connectivity index (χ1) is 6.72. The Labute approximate surface area is 101 Å². The Morgan fingerprint density at radius 1 is 1.14 bits per heavy atom. The van der Waals surface area contributed by atoms with Crippen molar-refractivity contribution in [1.29, 1.82) is 0 Å². The molecule has 1 heterocycles. The summed E-state index contributed by atoms with van der Waals surface area (Å²) in [4.78, 5) is 2.64. The van der Waals surface area contributed by atoms with E-state index in [-0.39, 0.29) is 0 Å². The average molecular weight is 280 g/mol. The van der Waals surface area contributed by atoms with Crippen molar-refractivity contribution in [2.45, 2.75) is 43.6 Å². The van der Waals surface area contributed by atoms with Crippen LogP contribution < -0.4 is 0 Å². The second-order valence-electron chi connectivity index (χ2n) is 4.27. The van der Waals surface area contributed by atoms with E-state index in [9.17, 15) is 0 Å². The summed E-state index contributed by atoms with van der Waals surface area (Å²) in [6.45, 7) is 8.60. The number of thioether (sulfide) groups is 1. The highest BCUT2D eigenvalue weighted by atomic mass is 79.9. The van der Waals surface area contributed by atoms with Crippen molar-refractivity contribution in [3.63, 3.8) is 0 Å². The number of unbranched alkanes of at least 4 members (excludes halogenated alkanes) is 2. The van der Waals surface area contributed by atoms with Gasteiger partial charge in [-0.2, -0.15) is 11.8 Å². The van der Waals surface area contributed by atoms with Gasteiger partial charge >= 0.3 is 0 Å². The van der Waals surface area contributed by atoms with Gasteiger partial charge in [0.15, 0.2) is 0 Å². The molecule has 0 radical (unpaired) electrons. The van der Waals surface area contributed by atoms with Gasteiger partial charge in [-0.3, -0.25) is 0 Å². The Morgan fingerprint density at radius 3 is 2.36 bits per heavy atom. The van der Waals surface area contributed by atoms with Gasteiger partial charge in [0.2, 0.25) is 0 Å². The minimum Gasteiger partial charge on any atom is -0.301 e. The van der Waals surface area contributed by atoms with Crippen LogP contribution in [0.4, 0.5) is 0 Å². The quantitative estimate of drug-likeness (QED) is 0.561. The maximum atomic E-state index is 3.48. The molecule has 1 aliphatic heterocycles. The molecule has 0 saturated carbocycles. The van der Waals surface area contributed by atoms with Crippen LogP contribution in [0.5, 0.6) is 0 Å². The molecule has 2 unspecified atom stereocenters. The molecule has 0 aromatic rings. The van der Waals surface area contributed by atoms with Crippen LogP contribution in [0.1, 0.15) is 33.1 Å². The summed E-state index contributed by atoms with van der Waals surface area (Å²) in [5.74, 6) is 0. The number of hydrogen-bond donors (Lipinski definition) is 0. The number of nitrogens with zero attached hydrogens (tertiary/aromatic N) is 1. The maximum absolute atomic E-state index is 3.48. The number of rotatable bonds is 5. The third kappa shape index (κ3) is 5.04. The first-order valence-corrected chi connectivity index (χ1v) is 7.72. The monoisotopic (exact) mass is 279 g/mol. The molecule has 0 aromatic carbocycles. The van der Waals surface area contributed by atoms with E-state index >= 15 is 0 Å². The van der Waals surface area contributed by atoms with Crippen molar-refractivity contribution in [3.05, 3.63) is 0 Å². The first kappa shape index (κ1) is 12.9. The fourth-order valence-corrected chi connectivity index (χ4v) is 3.86. The van der Waals surface area contributed by atoms with Gasteiger partial charge in [-0.05, 0) is 19.4 Å². The molecule has 0 N–H and O–H groups in total. The average Bonchev–Trinajstić information content (AvgIpc) is 2.11. The summed E-state index contributed by atoms with van der Waals surface area (Å²) in [5.41, 5.74) is 0. The molecular formula is C11H22BrNS. The van der Waals surface area contributed by atoms with Gasteiger partial charge in [0.1, 0.15) is 0 Å². The van der Waals surface area contributed by atoms with Gasteiger partial charge in [-0.25, -0.2) is 0 Å². The molecule has 84 valence electrons. The lowest BCUT2D eigenvalue weighted by molar-refractivity contribution is 0.265. The maximum Gasteiger partial charge on any atom is 0.0149 e. The van der Waals surface area contributed by atoms with E-state index in [1.807, 2.05) is 0 Å². The van der Waals surface area contributed by atoms with Crippen LogP contribution >= 0.6 is 27.7 Å². The Morgan fingerprint density at radius 2 is 1.79 bits per heavy atom. The summed E-state index contributed by atoms with van der Waals surface area (Å²) in [7, 11) is 0. The van der Waals surface area contributed by atoms with E-state index in [0.717, 1.165) is 15.8 Å². The van der Waals surface area contributed by atoms with Gasteiger partial charge in [-0.15, -0.1) is 0 Å². The van der Waals surface area contributed by atoms with E-state index in [4.69, 9.17) is 0 Å². The zero-order valence-electron chi connectivity index (χ0n) is 9.34. The van der Waals surface area contributed by atoms with Gasteiger partial charge in [0.05, 0.1) is 0 Å². The van der Waals surface area contributed by atoms with E-state index in [1.54, 1.807) is 0 Å². The van der Waals surface area contributed by atoms with Crippen LogP contribution in [0.3, 0.4) is 0 Å². The van der Waals surface area contributed by atoms with Crippen molar-refractivity contribution >= 4 is 27.7 Å². The third-order valence-corrected chi connectivity index (χ3v) is 4.39. The molecule has 1 aliphatic rings. The summed E-state index contributed by atoms with van der Waals surface area (Å²) < 4.78 is 0. The largest absolute Gasteiger partial charge is 0.301 e. The smallest absolute Gasteiger partial charge is 0.0149 e. The van der Waals surface area contributed by atoms with Crippen molar-refractivity contribution in [2.24, 2.45) is 0 Å². The molecule has 1 fully saturated rings. The van der Waals surface area contributed by atoms with Crippen LogP contribution in [0.25, 0.3) is 0 Å². The second kappa shape index (κ2) is 7.13. The van der Waals surface area contributed by atoms with Crippen LogP contribution in [-0.4, -0.2) is 40.4 Å².